The summed E-state index contributed by atoms with van der Waals surface area (Å²) < 4.78 is 25.3. The molecule has 0 amide bonds. The molecule has 1 atom stereocenters. The van der Waals surface area contributed by atoms with Gasteiger partial charge in [0, 0.05) is 6.42 Å². The Bertz CT molecular complexity index is 1010. The molecule has 0 fully saturated rings. The molecule has 0 heterocycles. The van der Waals surface area contributed by atoms with Gasteiger partial charge in [0.15, 0.2) is 0 Å². The van der Waals surface area contributed by atoms with Crippen LogP contribution in [0.25, 0.3) is 0 Å². The predicted octanol–water partition coefficient (Wildman–Crippen LogP) is 2.81. The normalized spacial score (nSPS) is 11.5. The maximum Gasteiger partial charge on any atom is 0.449 e. The van der Waals surface area contributed by atoms with E-state index in [-0.39, 0.29) is 32.8 Å². The molecule has 2 aromatic rings. The molecule has 0 spiro atoms. The highest BCUT2D eigenvalue weighted by molar-refractivity contribution is 6.30. The molecule has 2 aromatic carbocycles. The van der Waals surface area contributed by atoms with Crippen molar-refractivity contribution < 1.29 is 52.6 Å². The Morgan fingerprint density at radius 2 is 1.14 bits per heavy atom. The summed E-state index contributed by atoms with van der Waals surface area (Å²) in [5.74, 6) is -3.80. The Morgan fingerprint density at radius 1 is 0.676 bits per heavy atom. The Kier molecular flexibility index (Phi) is 11.9. The maximum absolute atomic E-state index is 11.9. The van der Waals surface area contributed by atoms with Crippen molar-refractivity contribution in [2.75, 3.05) is 26.4 Å². The van der Waals surface area contributed by atoms with E-state index in [1.807, 2.05) is 12.1 Å². The van der Waals surface area contributed by atoms with E-state index in [1.54, 1.807) is 48.5 Å². The average Bonchev–Trinajstić information content (AvgIpc) is 2.88. The summed E-state index contributed by atoms with van der Waals surface area (Å²) in [5.41, 5.74) is -1.17. The zero-order valence-electron chi connectivity index (χ0n) is 20.9. The summed E-state index contributed by atoms with van der Waals surface area (Å²) in [6.07, 6.45) is -0.785. The SMILES string of the molecule is CC(CC(C)(C)OOC(=O)C(=O)OCCOc1ccccc1)OC(=O)C(=O)OCCOc1ccccc1. The number of ether oxygens (including phenoxy) is 5. The van der Waals surface area contributed by atoms with Crippen molar-refractivity contribution >= 4 is 23.9 Å². The summed E-state index contributed by atoms with van der Waals surface area (Å²) in [6.45, 7) is 4.36. The van der Waals surface area contributed by atoms with Crippen LogP contribution in [0, 0.1) is 0 Å². The minimum Gasteiger partial charge on any atom is -0.490 e. The highest BCUT2D eigenvalue weighted by atomic mass is 17.2. The van der Waals surface area contributed by atoms with Gasteiger partial charge in [0.2, 0.25) is 0 Å². The molecular formula is C26H30O11. The second-order valence-corrected chi connectivity index (χ2v) is 8.23. The second kappa shape index (κ2) is 15.1. The molecule has 1 unspecified atom stereocenters. The average molecular weight is 519 g/mol. The number of hydrogen-bond acceptors (Lipinski definition) is 11. The summed E-state index contributed by atoms with van der Waals surface area (Å²) in [6, 6.07) is 17.8. The third-order valence-electron chi connectivity index (χ3n) is 4.42. The van der Waals surface area contributed by atoms with Crippen LogP contribution in [0.2, 0.25) is 0 Å². The lowest BCUT2D eigenvalue weighted by Gasteiger charge is -2.25. The lowest BCUT2D eigenvalue weighted by molar-refractivity contribution is -0.327. The molecule has 11 heteroatoms. The number of hydrogen-bond donors (Lipinski definition) is 0. The largest absolute Gasteiger partial charge is 0.490 e. The van der Waals surface area contributed by atoms with Crippen LogP contribution in [0.1, 0.15) is 27.2 Å². The first-order valence-corrected chi connectivity index (χ1v) is 11.5. The van der Waals surface area contributed by atoms with Gasteiger partial charge in [-0.3, -0.25) is 4.89 Å². The number of para-hydroxylation sites is 2. The maximum atomic E-state index is 11.9. The van der Waals surface area contributed by atoms with Crippen LogP contribution in [-0.4, -0.2) is 62.0 Å². The van der Waals surface area contributed by atoms with E-state index >= 15 is 0 Å². The first-order chi connectivity index (χ1) is 17.7. The number of benzene rings is 2. The molecule has 0 aliphatic rings. The Balaban J connectivity index is 1.61. The highest BCUT2D eigenvalue weighted by Gasteiger charge is 2.30. The van der Waals surface area contributed by atoms with E-state index in [0.29, 0.717) is 11.5 Å². The molecule has 0 aliphatic carbocycles. The van der Waals surface area contributed by atoms with Gasteiger partial charge in [-0.15, -0.1) is 0 Å². The van der Waals surface area contributed by atoms with E-state index in [0.717, 1.165) is 0 Å². The van der Waals surface area contributed by atoms with Crippen molar-refractivity contribution in [3.05, 3.63) is 60.7 Å². The zero-order valence-corrected chi connectivity index (χ0v) is 20.9. The fraction of sp³-hybridized carbons (Fsp3) is 0.385. The van der Waals surface area contributed by atoms with E-state index < -0.39 is 35.6 Å². The van der Waals surface area contributed by atoms with Crippen molar-refractivity contribution in [1.29, 1.82) is 0 Å². The van der Waals surface area contributed by atoms with Crippen molar-refractivity contribution in [2.24, 2.45) is 0 Å². The van der Waals surface area contributed by atoms with Crippen LogP contribution in [0.4, 0.5) is 0 Å². The minimum atomic E-state index is -1.36. The van der Waals surface area contributed by atoms with Crippen LogP contribution < -0.4 is 9.47 Å². The molecule has 200 valence electrons. The summed E-state index contributed by atoms with van der Waals surface area (Å²) in [7, 11) is 0. The second-order valence-electron chi connectivity index (χ2n) is 8.23. The monoisotopic (exact) mass is 518 g/mol. The first-order valence-electron chi connectivity index (χ1n) is 11.5. The van der Waals surface area contributed by atoms with E-state index in [9.17, 15) is 19.2 Å². The lowest BCUT2D eigenvalue weighted by atomic mass is 10.0. The van der Waals surface area contributed by atoms with Gasteiger partial charge in [-0.2, -0.15) is 4.89 Å². The molecule has 0 radical (unpaired) electrons. The van der Waals surface area contributed by atoms with Crippen molar-refractivity contribution in [3.8, 4) is 11.5 Å². The summed E-state index contributed by atoms with van der Waals surface area (Å²) >= 11 is 0. The number of carbonyl (C=O) groups excluding carboxylic acids is 4. The molecule has 2 rings (SSSR count). The van der Waals surface area contributed by atoms with Crippen molar-refractivity contribution in [1.82, 2.24) is 0 Å². The van der Waals surface area contributed by atoms with E-state index in [4.69, 9.17) is 28.6 Å². The van der Waals surface area contributed by atoms with E-state index in [1.165, 1.54) is 20.8 Å². The van der Waals surface area contributed by atoms with Gasteiger partial charge in [-0.1, -0.05) is 36.4 Å². The van der Waals surface area contributed by atoms with Crippen molar-refractivity contribution in [3.63, 3.8) is 0 Å². The van der Waals surface area contributed by atoms with Gasteiger partial charge in [0.05, 0.1) is 0 Å². The highest BCUT2D eigenvalue weighted by Crippen LogP contribution is 2.19. The summed E-state index contributed by atoms with van der Waals surface area (Å²) in [4.78, 5) is 56.9. The fourth-order valence-corrected chi connectivity index (χ4v) is 2.92. The van der Waals surface area contributed by atoms with Gasteiger partial charge in [0.1, 0.15) is 49.6 Å². The molecule has 37 heavy (non-hydrogen) atoms. The molecule has 0 aromatic heterocycles. The minimum absolute atomic E-state index is 0.0242. The fourth-order valence-electron chi connectivity index (χ4n) is 2.92. The van der Waals surface area contributed by atoms with Gasteiger partial charge in [0.25, 0.3) is 0 Å². The van der Waals surface area contributed by atoms with Crippen molar-refractivity contribution in [2.45, 2.75) is 38.9 Å². The molecule has 0 saturated heterocycles. The Labute approximate surface area is 214 Å². The van der Waals surface area contributed by atoms with Crippen LogP contribution in [0.5, 0.6) is 11.5 Å². The van der Waals surface area contributed by atoms with Gasteiger partial charge in [-0.05, 0) is 45.0 Å². The molecule has 0 N–H and O–H groups in total. The van der Waals surface area contributed by atoms with Gasteiger partial charge in [-0.25, -0.2) is 19.2 Å². The van der Waals surface area contributed by atoms with Gasteiger partial charge < -0.3 is 23.7 Å². The molecule has 11 nitrogen and oxygen atoms in total. The van der Waals surface area contributed by atoms with Crippen LogP contribution >= 0.6 is 0 Å². The lowest BCUT2D eigenvalue weighted by Crippen LogP contribution is -2.35. The predicted molar refractivity (Wildman–Crippen MR) is 127 cm³/mol. The number of esters is 3. The van der Waals surface area contributed by atoms with Crippen LogP contribution in [0.3, 0.4) is 0 Å². The third-order valence-corrected chi connectivity index (χ3v) is 4.42. The standard InChI is InChI=1S/C26H30O11/c1-19(35-24(29)22(27)33-16-14-31-20-10-6-4-7-11-20)18-26(2,3)37-36-25(30)23(28)34-17-15-32-21-12-8-5-9-13-21/h4-13,19H,14-18H2,1-3H3. The molecular weight excluding hydrogens is 488 g/mol. The van der Waals surface area contributed by atoms with E-state index in [2.05, 4.69) is 4.89 Å². The molecule has 0 bridgehead atoms. The number of rotatable bonds is 13. The van der Waals surface area contributed by atoms with Crippen LogP contribution in [0.15, 0.2) is 60.7 Å². The zero-order chi connectivity index (χ0) is 27.1. The topological polar surface area (TPSA) is 133 Å². The van der Waals surface area contributed by atoms with Crippen LogP contribution in [-0.2, 0) is 43.2 Å². The smallest absolute Gasteiger partial charge is 0.449 e. The first kappa shape index (κ1) is 29.1. The molecule has 0 aliphatic heterocycles. The quantitative estimate of drug-likeness (QED) is 0.0968. The Morgan fingerprint density at radius 3 is 1.62 bits per heavy atom. The van der Waals surface area contributed by atoms with Gasteiger partial charge >= 0.3 is 23.9 Å². The summed E-state index contributed by atoms with van der Waals surface area (Å²) in [5, 5.41) is 0. The Hall–Kier alpha value is -4.12. The number of carbonyl (C=O) groups is 4. The third kappa shape index (κ3) is 11.9. The molecule has 0 saturated carbocycles.